The van der Waals surface area contributed by atoms with Gasteiger partial charge in [-0.05, 0) is 63.9 Å². The molecule has 320 valence electrons. The number of likely N-dealkylation sites (tertiary alicyclic amines) is 2. The Bertz CT molecular complexity index is 2570. The fourth-order valence-electron chi connectivity index (χ4n) is 8.53. The lowest BCUT2D eigenvalue weighted by atomic mass is 9.98. The first-order valence-corrected chi connectivity index (χ1v) is 20.8. The summed E-state index contributed by atoms with van der Waals surface area (Å²) in [7, 11) is 2.53. The van der Waals surface area contributed by atoms with Crippen LogP contribution in [0.1, 0.15) is 68.4 Å². The van der Waals surface area contributed by atoms with Crippen molar-refractivity contribution in [1.29, 1.82) is 0 Å². The minimum atomic E-state index is -1.00. The zero-order chi connectivity index (χ0) is 43.5. The van der Waals surface area contributed by atoms with Crippen molar-refractivity contribution in [2.75, 3.05) is 27.3 Å². The van der Waals surface area contributed by atoms with Gasteiger partial charge in [0.15, 0.2) is 0 Å². The Balaban J connectivity index is 0.950. The lowest BCUT2D eigenvalue weighted by Gasteiger charge is -2.30. The van der Waals surface area contributed by atoms with Crippen LogP contribution in [-0.2, 0) is 19.1 Å². The van der Waals surface area contributed by atoms with Crippen LogP contribution in [0.2, 0.25) is 0 Å². The predicted octanol–water partition coefficient (Wildman–Crippen LogP) is 7.06. The van der Waals surface area contributed by atoms with Crippen LogP contribution >= 0.6 is 0 Å². The molecule has 6 aromatic rings. The molecule has 0 saturated carbocycles. The fourth-order valence-corrected chi connectivity index (χ4v) is 8.53. The number of H-pyrrole nitrogens is 2. The number of nitrogens with one attached hydrogen (secondary N) is 4. The molecule has 2 saturated heterocycles. The van der Waals surface area contributed by atoms with E-state index in [1.165, 1.54) is 14.2 Å². The quantitative estimate of drug-likeness (QED) is 0.0908. The third-order valence-electron chi connectivity index (χ3n) is 11.8. The highest BCUT2D eigenvalue weighted by Gasteiger charge is 2.41. The number of carbonyl (C=O) groups excluding carboxylic acids is 4. The third-order valence-corrected chi connectivity index (χ3v) is 11.8. The van der Waals surface area contributed by atoms with Crippen LogP contribution in [-0.4, -0.2) is 98.3 Å². The molecule has 5 N–H and O–H groups in total. The summed E-state index contributed by atoms with van der Waals surface area (Å²) in [6.07, 6.45) is 3.32. The van der Waals surface area contributed by atoms with E-state index in [1.807, 2.05) is 38.2 Å². The summed E-state index contributed by atoms with van der Waals surface area (Å²) < 4.78 is 9.57. The van der Waals surface area contributed by atoms with E-state index in [0.717, 1.165) is 57.3 Å². The van der Waals surface area contributed by atoms with Gasteiger partial charge in [0.25, 0.3) is 5.91 Å². The summed E-state index contributed by atoms with van der Waals surface area (Å²) in [5, 5.41) is 18.2. The van der Waals surface area contributed by atoms with E-state index in [1.54, 1.807) is 40.3 Å². The number of hydrogen-bond acceptors (Lipinski definition) is 9. The summed E-state index contributed by atoms with van der Waals surface area (Å²) in [5.41, 5.74) is 6.19. The highest BCUT2D eigenvalue weighted by atomic mass is 16.5. The first-order valence-electron chi connectivity index (χ1n) is 20.8. The molecule has 2 fully saturated rings. The molecule has 4 heterocycles. The van der Waals surface area contributed by atoms with Crippen molar-refractivity contribution in [2.24, 2.45) is 5.92 Å². The zero-order valence-electron chi connectivity index (χ0n) is 35.0. The number of ether oxygens (including phenoxy) is 2. The van der Waals surface area contributed by atoms with Gasteiger partial charge in [-0.1, -0.05) is 92.7 Å². The topological polar surface area (TPSA) is 195 Å². The number of methoxy groups -OCH3 is 2. The molecular weight excluding hydrogens is 789 g/mol. The lowest BCUT2D eigenvalue weighted by Crippen LogP contribution is -2.51. The second kappa shape index (κ2) is 17.9. The van der Waals surface area contributed by atoms with E-state index >= 15 is 0 Å². The van der Waals surface area contributed by atoms with Gasteiger partial charge in [0.1, 0.15) is 23.7 Å². The van der Waals surface area contributed by atoms with Crippen molar-refractivity contribution in [3.63, 3.8) is 0 Å². The summed E-state index contributed by atoms with van der Waals surface area (Å²) in [4.78, 5) is 71.3. The standard InChI is InChI=1S/C47H50N8O7/c1-27(2)40(52-46(59)61-3)44(57)54-20-8-11-38(54)42-48-25-37(51-42)34-19-18-32-21-31(16-17-33(32)22-34)28-12-14-29(15-13-28)36-24-49-43(50-36)39-23-35(56)26-55(39)45(58)41(53-47(60)62-4)30-9-6-5-7-10-30/h5-7,9-10,12-19,21-22,24-25,27,35,38-41,56H,8,11,20,23,26H2,1-4H3,(H,48,51)(H,49,50)(H,52,59)(H,53,60)/t35-,38-,39-,40-,41+/m0/s1. The van der Waals surface area contributed by atoms with Crippen molar-refractivity contribution in [2.45, 2.75) is 63.4 Å². The Morgan fingerprint density at radius 1 is 0.710 bits per heavy atom. The molecule has 0 bridgehead atoms. The number of aliphatic hydroxyl groups is 1. The Morgan fingerprint density at radius 2 is 1.29 bits per heavy atom. The van der Waals surface area contributed by atoms with Crippen molar-refractivity contribution in [1.82, 2.24) is 40.4 Å². The van der Waals surface area contributed by atoms with Crippen LogP contribution in [0.3, 0.4) is 0 Å². The summed E-state index contributed by atoms with van der Waals surface area (Å²) >= 11 is 0. The van der Waals surface area contributed by atoms with Gasteiger partial charge < -0.3 is 45.0 Å². The Hall–Kier alpha value is -7.00. The summed E-state index contributed by atoms with van der Waals surface area (Å²) in [6, 6.07) is 27.3. The van der Waals surface area contributed by atoms with Crippen LogP contribution in [0.5, 0.6) is 0 Å². The molecule has 0 spiro atoms. The molecule has 0 aliphatic carbocycles. The number of β-amino-alcohol motifs (C(OH)–C–C–N with tert-alkyl or cyclic N) is 1. The molecule has 4 aromatic carbocycles. The minimum Gasteiger partial charge on any atom is -0.453 e. The van der Waals surface area contributed by atoms with Crippen LogP contribution < -0.4 is 10.6 Å². The van der Waals surface area contributed by atoms with E-state index in [0.29, 0.717) is 30.2 Å². The van der Waals surface area contributed by atoms with E-state index in [9.17, 15) is 24.3 Å². The van der Waals surface area contributed by atoms with Gasteiger partial charge in [-0.3, -0.25) is 9.59 Å². The maximum atomic E-state index is 14.0. The molecule has 0 unspecified atom stereocenters. The smallest absolute Gasteiger partial charge is 0.407 e. The van der Waals surface area contributed by atoms with E-state index in [4.69, 9.17) is 14.5 Å². The number of fused-ring (bicyclic) bond motifs is 1. The molecule has 2 aromatic heterocycles. The maximum Gasteiger partial charge on any atom is 0.407 e. The molecule has 15 nitrogen and oxygen atoms in total. The monoisotopic (exact) mass is 838 g/mol. The second-order valence-electron chi connectivity index (χ2n) is 16.1. The number of rotatable bonds is 11. The van der Waals surface area contributed by atoms with Gasteiger partial charge in [0.05, 0.1) is 56.2 Å². The van der Waals surface area contributed by atoms with Gasteiger partial charge in [-0.2, -0.15) is 0 Å². The minimum absolute atomic E-state index is 0.0964. The third kappa shape index (κ3) is 8.61. The van der Waals surface area contributed by atoms with Crippen molar-refractivity contribution >= 4 is 34.8 Å². The molecule has 5 atom stereocenters. The molecule has 4 amide bonds. The number of aromatic nitrogens is 4. The summed E-state index contributed by atoms with van der Waals surface area (Å²) in [6.45, 7) is 4.48. The van der Waals surface area contributed by atoms with E-state index in [2.05, 4.69) is 74.1 Å². The first kappa shape index (κ1) is 41.7. The van der Waals surface area contributed by atoms with Crippen LogP contribution in [0.15, 0.2) is 103 Å². The van der Waals surface area contributed by atoms with Crippen LogP contribution in [0.25, 0.3) is 44.4 Å². The largest absolute Gasteiger partial charge is 0.453 e. The van der Waals surface area contributed by atoms with Crippen LogP contribution in [0.4, 0.5) is 9.59 Å². The number of hydrogen-bond donors (Lipinski definition) is 5. The number of aromatic amines is 2. The first-order chi connectivity index (χ1) is 30.0. The van der Waals surface area contributed by atoms with Crippen molar-refractivity contribution < 1.29 is 33.8 Å². The highest BCUT2D eigenvalue weighted by Crippen LogP contribution is 2.36. The Kier molecular flexibility index (Phi) is 12.1. The maximum absolute atomic E-state index is 14.0. The SMILES string of the molecule is COC(=O)N[C@H](C(=O)N1CCC[C@H]1c1ncc(-c2ccc3cc(-c4ccc(-c5cnc([C@@H]6C[C@H](O)CN6C(=O)[C@H](NC(=O)OC)c6ccccc6)[nH]5)cc4)ccc3c2)[nH]1)C(C)C. The molecule has 8 rings (SSSR count). The van der Waals surface area contributed by atoms with E-state index < -0.39 is 36.4 Å². The average Bonchev–Trinajstić information content (AvgIpc) is 4.14. The molecular formula is C47H50N8O7. The molecule has 15 heteroatoms. The number of carbonyl (C=O) groups is 4. The van der Waals surface area contributed by atoms with Gasteiger partial charge in [0, 0.05) is 25.1 Å². The molecule has 2 aliphatic heterocycles. The number of nitrogens with zero attached hydrogens (tertiary/aromatic N) is 4. The summed E-state index contributed by atoms with van der Waals surface area (Å²) in [5.74, 6) is 0.621. The van der Waals surface area contributed by atoms with Crippen molar-refractivity contribution in [3.05, 3.63) is 121 Å². The highest BCUT2D eigenvalue weighted by molar-refractivity contribution is 5.91. The van der Waals surface area contributed by atoms with Crippen molar-refractivity contribution in [3.8, 4) is 33.6 Å². The number of amides is 4. The van der Waals surface area contributed by atoms with Gasteiger partial charge in [0.2, 0.25) is 5.91 Å². The van der Waals surface area contributed by atoms with E-state index in [-0.39, 0.29) is 30.3 Å². The lowest BCUT2D eigenvalue weighted by molar-refractivity contribution is -0.136. The molecule has 2 aliphatic rings. The zero-order valence-corrected chi connectivity index (χ0v) is 35.0. The Labute approximate surface area is 358 Å². The number of alkyl carbamates (subject to hydrolysis) is 2. The normalized spacial score (nSPS) is 18.5. The van der Waals surface area contributed by atoms with Gasteiger partial charge in [-0.15, -0.1) is 0 Å². The second-order valence-corrected chi connectivity index (χ2v) is 16.1. The number of aliphatic hydroxyl groups excluding tert-OH is 1. The number of benzene rings is 4. The number of imidazole rings is 2. The molecule has 0 radical (unpaired) electrons. The van der Waals surface area contributed by atoms with Gasteiger partial charge in [-0.25, -0.2) is 19.6 Å². The predicted molar refractivity (Wildman–Crippen MR) is 232 cm³/mol. The fraction of sp³-hybridized carbons (Fsp3) is 0.319. The Morgan fingerprint density at radius 3 is 1.95 bits per heavy atom. The average molecular weight is 839 g/mol. The molecule has 62 heavy (non-hydrogen) atoms. The van der Waals surface area contributed by atoms with Gasteiger partial charge >= 0.3 is 12.2 Å². The van der Waals surface area contributed by atoms with Crippen LogP contribution in [0, 0.1) is 5.92 Å².